The third-order valence-corrected chi connectivity index (χ3v) is 3.25. The molecule has 1 aliphatic heterocycles. The Balaban J connectivity index is 2.16. The molecule has 1 aromatic carbocycles. The van der Waals surface area contributed by atoms with Crippen LogP contribution in [0.5, 0.6) is 0 Å². The number of hydrogen-bond acceptors (Lipinski definition) is 1. The van der Waals surface area contributed by atoms with Crippen LogP contribution in [0.1, 0.15) is 18.9 Å². The molecular formula is C11H12Cl2O. The Hall–Kier alpha value is -0.240. The van der Waals surface area contributed by atoms with Crippen molar-refractivity contribution < 1.29 is 4.74 Å². The van der Waals surface area contributed by atoms with Gasteiger partial charge < -0.3 is 4.74 Å². The zero-order valence-corrected chi connectivity index (χ0v) is 9.53. The number of halogens is 2. The third kappa shape index (κ3) is 2.05. The van der Waals surface area contributed by atoms with Crippen LogP contribution in [-0.4, -0.2) is 12.2 Å². The molecule has 0 aromatic heterocycles. The predicted molar refractivity (Wildman–Crippen MR) is 59.1 cm³/mol. The van der Waals surface area contributed by atoms with Crippen molar-refractivity contribution in [2.75, 3.05) is 6.61 Å². The maximum absolute atomic E-state index is 6.08. The molecule has 0 amide bonds. The molecule has 0 saturated carbocycles. The quantitative estimate of drug-likeness (QED) is 0.753. The lowest BCUT2D eigenvalue weighted by Crippen LogP contribution is -2.42. The van der Waals surface area contributed by atoms with E-state index in [2.05, 4.69) is 6.92 Å². The molecule has 0 N–H and O–H groups in total. The molecular weight excluding hydrogens is 219 g/mol. The zero-order valence-electron chi connectivity index (χ0n) is 8.02. The van der Waals surface area contributed by atoms with Crippen molar-refractivity contribution in [3.8, 4) is 0 Å². The molecule has 1 fully saturated rings. The first-order valence-corrected chi connectivity index (χ1v) is 5.43. The molecule has 1 unspecified atom stereocenters. The zero-order chi connectivity index (χ0) is 10.2. The Kier molecular flexibility index (Phi) is 2.74. The molecule has 1 atom stereocenters. The summed E-state index contributed by atoms with van der Waals surface area (Å²) in [4.78, 5) is 0. The van der Waals surface area contributed by atoms with Crippen molar-refractivity contribution in [3.05, 3.63) is 33.8 Å². The fourth-order valence-electron chi connectivity index (χ4n) is 1.66. The summed E-state index contributed by atoms with van der Waals surface area (Å²) < 4.78 is 5.52. The second-order valence-corrected chi connectivity index (χ2v) is 4.80. The monoisotopic (exact) mass is 230 g/mol. The minimum atomic E-state index is -0.0164. The highest BCUT2D eigenvalue weighted by Crippen LogP contribution is 2.32. The van der Waals surface area contributed by atoms with Gasteiger partial charge in [0.1, 0.15) is 0 Å². The maximum Gasteiger partial charge on any atom is 0.0717 e. The van der Waals surface area contributed by atoms with E-state index in [0.717, 1.165) is 30.0 Å². The molecule has 1 aromatic rings. The lowest BCUT2D eigenvalue weighted by molar-refractivity contribution is -0.132. The average molecular weight is 231 g/mol. The van der Waals surface area contributed by atoms with E-state index in [-0.39, 0.29) is 5.60 Å². The second kappa shape index (κ2) is 3.73. The Morgan fingerprint density at radius 3 is 2.64 bits per heavy atom. The van der Waals surface area contributed by atoms with E-state index in [1.165, 1.54) is 0 Å². The maximum atomic E-state index is 6.08. The predicted octanol–water partition coefficient (Wildman–Crippen LogP) is 3.71. The van der Waals surface area contributed by atoms with Gasteiger partial charge >= 0.3 is 0 Å². The first-order chi connectivity index (χ1) is 6.59. The number of hydrogen-bond donors (Lipinski definition) is 0. The molecule has 3 heteroatoms. The summed E-state index contributed by atoms with van der Waals surface area (Å²) in [6.07, 6.45) is 1.97. The van der Waals surface area contributed by atoms with E-state index in [9.17, 15) is 0 Å². The highest BCUT2D eigenvalue weighted by atomic mass is 35.5. The van der Waals surface area contributed by atoms with Gasteiger partial charge in [0.15, 0.2) is 0 Å². The van der Waals surface area contributed by atoms with Crippen molar-refractivity contribution in [1.29, 1.82) is 0 Å². The van der Waals surface area contributed by atoms with Gasteiger partial charge in [-0.05, 0) is 31.0 Å². The van der Waals surface area contributed by atoms with Crippen molar-refractivity contribution >= 4 is 23.2 Å². The molecule has 76 valence electrons. The average Bonchev–Trinajstić information content (AvgIpc) is 2.07. The Bertz CT molecular complexity index is 345. The summed E-state index contributed by atoms with van der Waals surface area (Å²) in [5.74, 6) is 0. The largest absolute Gasteiger partial charge is 0.375 e. The van der Waals surface area contributed by atoms with E-state index in [4.69, 9.17) is 27.9 Å². The topological polar surface area (TPSA) is 9.23 Å². The van der Waals surface area contributed by atoms with Crippen LogP contribution in [0.4, 0.5) is 0 Å². The minimum absolute atomic E-state index is 0.0164. The number of ether oxygens (including phenoxy) is 1. The SMILES string of the molecule is CC1(Cc2ccc(Cl)cc2Cl)CCO1. The van der Waals surface area contributed by atoms with Crippen LogP contribution in [0.25, 0.3) is 0 Å². The van der Waals surface area contributed by atoms with Gasteiger partial charge in [0.25, 0.3) is 0 Å². The van der Waals surface area contributed by atoms with E-state index in [1.54, 1.807) is 6.07 Å². The van der Waals surface area contributed by atoms with Gasteiger partial charge in [-0.25, -0.2) is 0 Å². The Morgan fingerprint density at radius 1 is 1.43 bits per heavy atom. The van der Waals surface area contributed by atoms with Crippen molar-refractivity contribution in [1.82, 2.24) is 0 Å². The summed E-state index contributed by atoms with van der Waals surface area (Å²) in [5, 5.41) is 1.41. The van der Waals surface area contributed by atoms with E-state index in [1.807, 2.05) is 12.1 Å². The van der Waals surface area contributed by atoms with E-state index in [0.29, 0.717) is 5.02 Å². The molecule has 0 spiro atoms. The highest BCUT2D eigenvalue weighted by molar-refractivity contribution is 6.35. The van der Waals surface area contributed by atoms with Gasteiger partial charge in [0.2, 0.25) is 0 Å². The molecule has 0 aliphatic carbocycles. The van der Waals surface area contributed by atoms with Crippen LogP contribution >= 0.6 is 23.2 Å². The molecule has 0 bridgehead atoms. The summed E-state index contributed by atoms with van der Waals surface area (Å²) in [6, 6.07) is 5.61. The summed E-state index contributed by atoms with van der Waals surface area (Å²) >= 11 is 11.9. The van der Waals surface area contributed by atoms with Crippen LogP contribution in [0.2, 0.25) is 10.0 Å². The lowest BCUT2D eigenvalue weighted by Gasteiger charge is -2.39. The molecule has 2 rings (SSSR count). The minimum Gasteiger partial charge on any atom is -0.375 e. The fourth-order valence-corrected chi connectivity index (χ4v) is 2.13. The van der Waals surface area contributed by atoms with Gasteiger partial charge in [-0.3, -0.25) is 0 Å². The molecule has 0 radical (unpaired) electrons. The Labute approximate surface area is 94.0 Å². The molecule has 1 nitrogen and oxygen atoms in total. The second-order valence-electron chi connectivity index (χ2n) is 3.96. The van der Waals surface area contributed by atoms with Crippen LogP contribution in [0.15, 0.2) is 18.2 Å². The van der Waals surface area contributed by atoms with Crippen molar-refractivity contribution in [2.45, 2.75) is 25.4 Å². The van der Waals surface area contributed by atoms with Gasteiger partial charge in [-0.15, -0.1) is 0 Å². The molecule has 14 heavy (non-hydrogen) atoms. The molecule has 1 saturated heterocycles. The van der Waals surface area contributed by atoms with Crippen molar-refractivity contribution in [2.24, 2.45) is 0 Å². The lowest BCUT2D eigenvalue weighted by atomic mass is 9.89. The normalized spacial score (nSPS) is 25.9. The third-order valence-electron chi connectivity index (χ3n) is 2.66. The van der Waals surface area contributed by atoms with Crippen LogP contribution in [-0.2, 0) is 11.2 Å². The number of rotatable bonds is 2. The number of benzene rings is 1. The Morgan fingerprint density at radius 2 is 2.14 bits per heavy atom. The van der Waals surface area contributed by atoms with Crippen molar-refractivity contribution in [3.63, 3.8) is 0 Å². The van der Waals surface area contributed by atoms with Gasteiger partial charge in [-0.2, -0.15) is 0 Å². The smallest absolute Gasteiger partial charge is 0.0717 e. The first kappa shape index (κ1) is 10.3. The van der Waals surface area contributed by atoms with Crippen LogP contribution in [0, 0.1) is 0 Å². The molecule has 1 heterocycles. The van der Waals surface area contributed by atoms with E-state index < -0.39 is 0 Å². The first-order valence-electron chi connectivity index (χ1n) is 4.67. The fraction of sp³-hybridized carbons (Fsp3) is 0.455. The van der Waals surface area contributed by atoms with Crippen LogP contribution < -0.4 is 0 Å². The summed E-state index contributed by atoms with van der Waals surface area (Å²) in [5.41, 5.74) is 1.09. The van der Waals surface area contributed by atoms with Gasteiger partial charge in [-0.1, -0.05) is 29.3 Å². The molecule has 1 aliphatic rings. The summed E-state index contributed by atoms with van der Waals surface area (Å²) in [7, 11) is 0. The standard InChI is InChI=1S/C11H12Cl2O/c1-11(4-5-14-11)7-8-2-3-9(12)6-10(8)13/h2-3,6H,4-5,7H2,1H3. The van der Waals surface area contributed by atoms with Gasteiger partial charge in [0, 0.05) is 16.5 Å². The van der Waals surface area contributed by atoms with Crippen LogP contribution in [0.3, 0.4) is 0 Å². The highest BCUT2D eigenvalue weighted by Gasteiger charge is 2.33. The van der Waals surface area contributed by atoms with Gasteiger partial charge in [0.05, 0.1) is 12.2 Å². The van der Waals surface area contributed by atoms with E-state index >= 15 is 0 Å². The summed E-state index contributed by atoms with van der Waals surface area (Å²) in [6.45, 7) is 2.98.